The first-order valence-electron chi connectivity index (χ1n) is 6.53. The molecule has 0 saturated heterocycles. The van der Waals surface area contributed by atoms with E-state index in [0.717, 1.165) is 0 Å². The van der Waals surface area contributed by atoms with Crippen molar-refractivity contribution in [3.8, 4) is 5.75 Å². The summed E-state index contributed by atoms with van der Waals surface area (Å²) in [5, 5.41) is 11.4. The van der Waals surface area contributed by atoms with Crippen LogP contribution in [0.3, 0.4) is 0 Å². The number of aromatic amines is 1. The van der Waals surface area contributed by atoms with Crippen LogP contribution in [-0.4, -0.2) is 29.0 Å². The molecule has 2 aromatic rings. The number of ether oxygens (including phenoxy) is 1. The van der Waals surface area contributed by atoms with Crippen LogP contribution in [0.1, 0.15) is 39.6 Å². The van der Waals surface area contributed by atoms with Crippen LogP contribution in [0, 0.1) is 5.82 Å². The van der Waals surface area contributed by atoms with Crippen molar-refractivity contribution in [3.05, 3.63) is 53.1 Å². The highest BCUT2D eigenvalue weighted by Crippen LogP contribution is 2.27. The summed E-state index contributed by atoms with van der Waals surface area (Å²) in [6, 6.07) is 7.28. The number of aromatic nitrogens is 1. The van der Waals surface area contributed by atoms with E-state index in [4.69, 9.17) is 9.84 Å². The number of nitrogens with one attached hydrogen (secondary N) is 2. The summed E-state index contributed by atoms with van der Waals surface area (Å²) >= 11 is 0. The molecule has 1 heterocycles. The number of rotatable bonds is 5. The summed E-state index contributed by atoms with van der Waals surface area (Å²) in [6.07, 6.45) is -0.693. The van der Waals surface area contributed by atoms with Crippen LogP contribution in [0.5, 0.6) is 5.75 Å². The number of carboxylic acid groups (broad SMARTS) is 1. The fourth-order valence-corrected chi connectivity index (χ4v) is 2.00. The van der Waals surface area contributed by atoms with Gasteiger partial charge in [-0.25, -0.2) is 9.18 Å². The molecule has 0 bridgehead atoms. The summed E-state index contributed by atoms with van der Waals surface area (Å²) in [5.74, 6) is -2.14. The minimum absolute atomic E-state index is 0.0249. The van der Waals surface area contributed by atoms with Gasteiger partial charge in [-0.3, -0.25) is 4.79 Å². The Morgan fingerprint density at radius 1 is 1.36 bits per heavy atom. The molecule has 1 aromatic carbocycles. The second-order valence-electron chi connectivity index (χ2n) is 4.59. The highest BCUT2D eigenvalue weighted by molar-refractivity contribution is 5.97. The average Bonchev–Trinajstić information content (AvgIpc) is 2.91. The summed E-state index contributed by atoms with van der Waals surface area (Å²) < 4.78 is 19.3. The van der Waals surface area contributed by atoms with Gasteiger partial charge in [-0.2, -0.15) is 0 Å². The van der Waals surface area contributed by atoms with E-state index in [9.17, 15) is 14.0 Å². The Labute approximate surface area is 125 Å². The number of carbonyl (C=O) groups is 2. The maximum absolute atomic E-state index is 13.7. The Balaban J connectivity index is 2.34. The van der Waals surface area contributed by atoms with Gasteiger partial charge < -0.3 is 20.1 Å². The minimum atomic E-state index is -1.22. The molecule has 0 fully saturated rings. The van der Waals surface area contributed by atoms with Crippen molar-refractivity contribution in [1.82, 2.24) is 10.3 Å². The van der Waals surface area contributed by atoms with Gasteiger partial charge in [0, 0.05) is 18.7 Å². The zero-order chi connectivity index (χ0) is 16.3. The molecular formula is C15H15FN2O4. The van der Waals surface area contributed by atoms with Gasteiger partial charge >= 0.3 is 5.97 Å². The maximum Gasteiger partial charge on any atom is 0.352 e. The van der Waals surface area contributed by atoms with Crippen LogP contribution in [0.2, 0.25) is 0 Å². The predicted molar refractivity (Wildman–Crippen MR) is 76.6 cm³/mol. The lowest BCUT2D eigenvalue weighted by Gasteiger charge is -2.15. The summed E-state index contributed by atoms with van der Waals surface area (Å²) in [6.45, 7) is 1.61. The zero-order valence-corrected chi connectivity index (χ0v) is 12.0. The van der Waals surface area contributed by atoms with E-state index in [2.05, 4.69) is 10.3 Å². The van der Waals surface area contributed by atoms with E-state index >= 15 is 0 Å². The Kier molecular flexibility index (Phi) is 4.45. The smallest absolute Gasteiger partial charge is 0.352 e. The number of halogens is 1. The monoisotopic (exact) mass is 306 g/mol. The Hall–Kier alpha value is -2.83. The normalized spacial score (nSPS) is 11.8. The molecule has 7 heteroatoms. The molecular weight excluding hydrogens is 291 g/mol. The zero-order valence-electron chi connectivity index (χ0n) is 12.0. The van der Waals surface area contributed by atoms with Crippen molar-refractivity contribution in [2.75, 3.05) is 7.05 Å². The molecule has 2 rings (SSSR count). The van der Waals surface area contributed by atoms with E-state index in [-0.39, 0.29) is 17.1 Å². The Morgan fingerprint density at radius 3 is 2.64 bits per heavy atom. The number of carbonyl (C=O) groups excluding carboxylic acids is 1. The second-order valence-corrected chi connectivity index (χ2v) is 4.59. The third-order valence-electron chi connectivity index (χ3n) is 3.11. The van der Waals surface area contributed by atoms with Crippen LogP contribution in [0.25, 0.3) is 0 Å². The third-order valence-corrected chi connectivity index (χ3v) is 3.11. The third kappa shape index (κ3) is 3.08. The molecule has 0 spiro atoms. The van der Waals surface area contributed by atoms with Crippen molar-refractivity contribution < 1.29 is 23.8 Å². The van der Waals surface area contributed by atoms with E-state index in [1.165, 1.54) is 19.2 Å². The van der Waals surface area contributed by atoms with Crippen LogP contribution in [-0.2, 0) is 0 Å². The van der Waals surface area contributed by atoms with Gasteiger partial charge in [0.25, 0.3) is 5.91 Å². The van der Waals surface area contributed by atoms with Gasteiger partial charge in [-0.05, 0) is 13.0 Å². The van der Waals surface area contributed by atoms with Crippen LogP contribution < -0.4 is 10.1 Å². The first-order valence-corrected chi connectivity index (χ1v) is 6.53. The molecule has 0 aliphatic heterocycles. The number of hydrogen-bond donors (Lipinski definition) is 3. The number of benzene rings is 1. The van der Waals surface area contributed by atoms with Gasteiger partial charge in [-0.1, -0.05) is 18.2 Å². The van der Waals surface area contributed by atoms with Crippen molar-refractivity contribution in [2.24, 2.45) is 0 Å². The van der Waals surface area contributed by atoms with E-state index in [1.54, 1.807) is 25.1 Å². The molecule has 1 aromatic heterocycles. The first-order chi connectivity index (χ1) is 10.4. The number of carboxylic acids is 1. The molecule has 0 aliphatic carbocycles. The first kappa shape index (κ1) is 15.6. The fourth-order valence-electron chi connectivity index (χ4n) is 2.00. The van der Waals surface area contributed by atoms with Gasteiger partial charge in [0.05, 0.1) is 0 Å². The van der Waals surface area contributed by atoms with E-state index in [1.807, 2.05) is 0 Å². The van der Waals surface area contributed by atoms with Gasteiger partial charge in [0.1, 0.15) is 23.3 Å². The number of amides is 1. The van der Waals surface area contributed by atoms with Crippen molar-refractivity contribution >= 4 is 11.9 Å². The number of aromatic carboxylic acids is 1. The number of hydrogen-bond acceptors (Lipinski definition) is 3. The van der Waals surface area contributed by atoms with Gasteiger partial charge in [0.2, 0.25) is 0 Å². The van der Waals surface area contributed by atoms with Crippen LogP contribution >= 0.6 is 0 Å². The van der Waals surface area contributed by atoms with Crippen molar-refractivity contribution in [3.63, 3.8) is 0 Å². The largest absolute Gasteiger partial charge is 0.483 e. The second kappa shape index (κ2) is 6.30. The van der Waals surface area contributed by atoms with Crippen molar-refractivity contribution in [1.29, 1.82) is 0 Å². The summed E-state index contributed by atoms with van der Waals surface area (Å²) in [4.78, 5) is 25.2. The number of H-pyrrole nitrogens is 1. The van der Waals surface area contributed by atoms with Gasteiger partial charge in [0.15, 0.2) is 5.75 Å². The quantitative estimate of drug-likeness (QED) is 0.790. The Morgan fingerprint density at radius 2 is 2.05 bits per heavy atom. The van der Waals surface area contributed by atoms with E-state index in [0.29, 0.717) is 5.56 Å². The summed E-state index contributed by atoms with van der Waals surface area (Å²) in [5.41, 5.74) is 0.0980. The van der Waals surface area contributed by atoms with E-state index < -0.39 is 23.8 Å². The SMILES string of the molecule is CNC(=O)c1[nH]c(C(=O)O)cc1OC(C)c1ccccc1F. The van der Waals surface area contributed by atoms with Crippen molar-refractivity contribution in [2.45, 2.75) is 13.0 Å². The molecule has 22 heavy (non-hydrogen) atoms. The minimum Gasteiger partial charge on any atom is -0.483 e. The molecule has 0 aliphatic rings. The van der Waals surface area contributed by atoms with Gasteiger partial charge in [-0.15, -0.1) is 0 Å². The molecule has 6 nitrogen and oxygen atoms in total. The summed E-state index contributed by atoms with van der Waals surface area (Å²) in [7, 11) is 1.41. The molecule has 0 saturated carbocycles. The highest BCUT2D eigenvalue weighted by atomic mass is 19.1. The molecule has 1 atom stereocenters. The molecule has 0 radical (unpaired) electrons. The topological polar surface area (TPSA) is 91.4 Å². The average molecular weight is 306 g/mol. The lowest BCUT2D eigenvalue weighted by molar-refractivity contribution is 0.0691. The molecule has 1 amide bonds. The molecule has 116 valence electrons. The lowest BCUT2D eigenvalue weighted by Crippen LogP contribution is -2.19. The highest BCUT2D eigenvalue weighted by Gasteiger charge is 2.22. The lowest BCUT2D eigenvalue weighted by atomic mass is 10.1. The molecule has 1 unspecified atom stereocenters. The fraction of sp³-hybridized carbons (Fsp3) is 0.200. The van der Waals surface area contributed by atoms with Crippen LogP contribution in [0.4, 0.5) is 4.39 Å². The standard InChI is InChI=1S/C15H15FN2O4/c1-8(9-5-3-4-6-10(9)16)22-12-7-11(15(20)21)18-13(12)14(19)17-2/h3-8,18H,1-2H3,(H,17,19)(H,20,21). The maximum atomic E-state index is 13.7. The molecule has 3 N–H and O–H groups in total. The Bertz CT molecular complexity index is 711. The van der Waals surface area contributed by atoms with Crippen LogP contribution in [0.15, 0.2) is 30.3 Å². The predicted octanol–water partition coefficient (Wildman–Crippen LogP) is 2.35.